The molecule has 0 aromatic carbocycles. The summed E-state index contributed by atoms with van der Waals surface area (Å²) < 4.78 is 11.0. The number of carbonyl (C=O) groups is 1. The van der Waals surface area contributed by atoms with Crippen LogP contribution >= 0.6 is 0 Å². The molecule has 1 aliphatic carbocycles. The van der Waals surface area contributed by atoms with E-state index in [0.29, 0.717) is 0 Å². The molecule has 3 atom stereocenters. The summed E-state index contributed by atoms with van der Waals surface area (Å²) >= 11 is 0. The molecule has 1 amide bonds. The van der Waals surface area contributed by atoms with Crippen LogP contribution in [0, 0.1) is 0 Å². The van der Waals surface area contributed by atoms with E-state index in [0.717, 1.165) is 12.8 Å². The maximum absolute atomic E-state index is 11.8. The van der Waals surface area contributed by atoms with E-state index < -0.39 is 5.60 Å². The summed E-state index contributed by atoms with van der Waals surface area (Å²) in [5.41, 5.74) is -0.669. The summed E-state index contributed by atoms with van der Waals surface area (Å²) in [4.78, 5) is 11.8. The molecule has 19 heavy (non-hydrogen) atoms. The van der Waals surface area contributed by atoms with E-state index >= 15 is 0 Å². The Bertz CT molecular complexity index is 408. The number of rotatable bonds is 4. The zero-order valence-corrected chi connectivity index (χ0v) is 12.1. The van der Waals surface area contributed by atoms with E-state index in [2.05, 4.69) is 24.4 Å². The number of nitrogens with one attached hydrogen (secondary N) is 1. The average Bonchev–Trinajstić information content (AvgIpc) is 2.99. The molecule has 0 spiro atoms. The van der Waals surface area contributed by atoms with E-state index in [1.165, 1.54) is 0 Å². The first kappa shape index (κ1) is 14.1. The third-order valence-electron chi connectivity index (χ3n) is 3.33. The lowest BCUT2D eigenvalue weighted by atomic mass is 9.92. The third-order valence-corrected chi connectivity index (χ3v) is 3.33. The Morgan fingerprint density at radius 2 is 2.21 bits per heavy atom. The molecule has 2 rings (SSSR count). The molecule has 1 saturated heterocycles. The van der Waals surface area contributed by atoms with Gasteiger partial charge >= 0.3 is 6.09 Å². The monoisotopic (exact) mass is 265 g/mol. The third kappa shape index (κ3) is 3.60. The van der Waals surface area contributed by atoms with Gasteiger partial charge in [0.1, 0.15) is 17.3 Å². The van der Waals surface area contributed by atoms with Crippen molar-refractivity contribution in [1.29, 1.82) is 0 Å². The fourth-order valence-corrected chi connectivity index (χ4v) is 2.31. The number of hydrogen-bond acceptors (Lipinski definition) is 3. The van der Waals surface area contributed by atoms with Crippen molar-refractivity contribution in [3.63, 3.8) is 0 Å². The summed E-state index contributed by atoms with van der Waals surface area (Å²) in [6.45, 7) is 7.64. The van der Waals surface area contributed by atoms with Crippen LogP contribution < -0.4 is 5.32 Å². The van der Waals surface area contributed by atoms with Crippen molar-refractivity contribution in [2.75, 3.05) is 0 Å². The average molecular weight is 265 g/mol. The maximum atomic E-state index is 11.8. The molecule has 4 nitrogen and oxygen atoms in total. The van der Waals surface area contributed by atoms with Crippen molar-refractivity contribution < 1.29 is 14.3 Å². The van der Waals surface area contributed by atoms with Gasteiger partial charge in [-0.15, -0.1) is 0 Å². The molecule has 0 saturated carbocycles. The topological polar surface area (TPSA) is 50.9 Å². The van der Waals surface area contributed by atoms with Gasteiger partial charge in [0.2, 0.25) is 0 Å². The van der Waals surface area contributed by atoms with E-state index in [1.54, 1.807) is 0 Å². The Hall–Kier alpha value is -1.29. The maximum Gasteiger partial charge on any atom is 0.407 e. The fourth-order valence-electron chi connectivity index (χ4n) is 2.31. The summed E-state index contributed by atoms with van der Waals surface area (Å²) in [5, 5.41) is 2.92. The van der Waals surface area contributed by atoms with Gasteiger partial charge in [0.25, 0.3) is 0 Å². The zero-order chi connectivity index (χ0) is 14.1. The van der Waals surface area contributed by atoms with Crippen LogP contribution in [0.3, 0.4) is 0 Å². The Morgan fingerprint density at radius 1 is 1.47 bits per heavy atom. The molecular formula is C15H23NO3. The lowest BCUT2D eigenvalue weighted by Gasteiger charge is -2.24. The summed E-state index contributed by atoms with van der Waals surface area (Å²) in [6.07, 6.45) is 9.59. The second-order valence-electron chi connectivity index (χ2n) is 6.19. The van der Waals surface area contributed by atoms with Crippen molar-refractivity contribution in [3.8, 4) is 0 Å². The van der Waals surface area contributed by atoms with Gasteiger partial charge in [-0.05, 0) is 33.3 Å². The lowest BCUT2D eigenvalue weighted by molar-refractivity contribution is 0.0496. The second kappa shape index (κ2) is 5.00. The number of ether oxygens (including phenoxy) is 2. The van der Waals surface area contributed by atoms with Gasteiger partial charge in [-0.25, -0.2) is 4.79 Å². The van der Waals surface area contributed by atoms with Crippen molar-refractivity contribution >= 4 is 6.09 Å². The van der Waals surface area contributed by atoms with Gasteiger partial charge in [0.15, 0.2) is 0 Å². The minimum absolute atomic E-state index is 0.0657. The Morgan fingerprint density at radius 3 is 2.79 bits per heavy atom. The van der Waals surface area contributed by atoms with Crippen molar-refractivity contribution in [2.24, 2.45) is 0 Å². The minimum atomic E-state index is -0.466. The van der Waals surface area contributed by atoms with E-state index in [1.807, 2.05) is 32.9 Å². The molecule has 1 fully saturated rings. The number of hydrogen-bond donors (Lipinski definition) is 1. The van der Waals surface area contributed by atoms with Crippen LogP contribution in [-0.2, 0) is 9.47 Å². The number of amides is 1. The SMILES string of the molecule is CC[C@@H](C[C@@]12C=CC=C[C@@H]1O2)NC(=O)OC(C)(C)C. The zero-order valence-electron chi connectivity index (χ0n) is 12.1. The Kier molecular flexibility index (Phi) is 3.72. The van der Waals surface area contributed by atoms with Crippen molar-refractivity contribution in [1.82, 2.24) is 5.32 Å². The lowest BCUT2D eigenvalue weighted by Crippen LogP contribution is -2.41. The molecule has 1 N–H and O–H groups in total. The van der Waals surface area contributed by atoms with Crippen molar-refractivity contribution in [2.45, 2.75) is 63.9 Å². The first-order chi connectivity index (χ1) is 8.85. The van der Waals surface area contributed by atoms with Crippen LogP contribution in [0.25, 0.3) is 0 Å². The Labute approximate surface area is 114 Å². The largest absolute Gasteiger partial charge is 0.444 e. The van der Waals surface area contributed by atoms with Gasteiger partial charge in [-0.2, -0.15) is 0 Å². The van der Waals surface area contributed by atoms with Crippen LogP contribution in [0.1, 0.15) is 40.5 Å². The molecule has 0 bridgehead atoms. The summed E-state index contributed by atoms with van der Waals surface area (Å²) in [7, 11) is 0. The first-order valence-electron chi connectivity index (χ1n) is 6.88. The van der Waals surface area contributed by atoms with Gasteiger partial charge in [-0.1, -0.05) is 25.2 Å². The van der Waals surface area contributed by atoms with E-state index in [-0.39, 0.29) is 23.8 Å². The number of carbonyl (C=O) groups excluding carboxylic acids is 1. The minimum Gasteiger partial charge on any atom is -0.444 e. The number of alkyl carbamates (subject to hydrolysis) is 1. The van der Waals surface area contributed by atoms with Crippen LogP contribution in [0.5, 0.6) is 0 Å². The Balaban J connectivity index is 1.86. The molecule has 0 radical (unpaired) electrons. The fraction of sp³-hybridized carbons (Fsp3) is 0.667. The molecule has 1 heterocycles. The standard InChI is InChI=1S/C15H23NO3/c1-5-11(16-13(17)19-14(2,3)4)10-15-9-7-6-8-12(15)18-15/h6-9,11-12H,5,10H2,1-4H3,(H,16,17)/t11-,12-,15-/m0/s1. The van der Waals surface area contributed by atoms with Gasteiger partial charge in [-0.3, -0.25) is 0 Å². The van der Waals surface area contributed by atoms with Crippen LogP contribution in [0.15, 0.2) is 24.3 Å². The molecule has 0 unspecified atom stereocenters. The van der Waals surface area contributed by atoms with Gasteiger partial charge in [0, 0.05) is 12.5 Å². The summed E-state index contributed by atoms with van der Waals surface area (Å²) in [6, 6.07) is 0.0657. The summed E-state index contributed by atoms with van der Waals surface area (Å²) in [5.74, 6) is 0. The molecule has 106 valence electrons. The molecule has 2 aliphatic rings. The normalized spacial score (nSPS) is 29.6. The molecule has 4 heteroatoms. The van der Waals surface area contributed by atoms with Crippen molar-refractivity contribution in [3.05, 3.63) is 24.3 Å². The molecule has 0 aromatic heterocycles. The second-order valence-corrected chi connectivity index (χ2v) is 6.19. The molecule has 1 aliphatic heterocycles. The van der Waals surface area contributed by atoms with Crippen LogP contribution in [0.2, 0.25) is 0 Å². The predicted octanol–water partition coefficient (Wildman–Crippen LogP) is 2.94. The smallest absolute Gasteiger partial charge is 0.407 e. The van der Waals surface area contributed by atoms with E-state index in [9.17, 15) is 4.79 Å². The number of allylic oxidation sites excluding steroid dienone is 2. The molecule has 0 aromatic rings. The van der Waals surface area contributed by atoms with Crippen LogP contribution in [-0.4, -0.2) is 29.4 Å². The van der Waals surface area contributed by atoms with Crippen LogP contribution in [0.4, 0.5) is 4.79 Å². The highest BCUT2D eigenvalue weighted by atomic mass is 16.6. The van der Waals surface area contributed by atoms with E-state index in [4.69, 9.17) is 9.47 Å². The number of fused-ring (bicyclic) bond motifs is 1. The van der Waals surface area contributed by atoms with Gasteiger partial charge < -0.3 is 14.8 Å². The molecular weight excluding hydrogens is 242 g/mol. The highest BCUT2D eigenvalue weighted by Crippen LogP contribution is 2.45. The first-order valence-corrected chi connectivity index (χ1v) is 6.88. The highest BCUT2D eigenvalue weighted by molar-refractivity contribution is 5.68. The number of epoxide rings is 1. The van der Waals surface area contributed by atoms with Gasteiger partial charge in [0.05, 0.1) is 0 Å². The highest BCUT2D eigenvalue weighted by Gasteiger charge is 2.54. The quantitative estimate of drug-likeness (QED) is 0.795. The predicted molar refractivity (Wildman–Crippen MR) is 73.9 cm³/mol.